The van der Waals surface area contributed by atoms with Crippen LogP contribution in [0.2, 0.25) is 0 Å². The highest BCUT2D eigenvalue weighted by molar-refractivity contribution is 7.98. The van der Waals surface area contributed by atoms with Gasteiger partial charge in [0.1, 0.15) is 5.03 Å². The van der Waals surface area contributed by atoms with E-state index in [1.807, 2.05) is 38.4 Å². The first-order valence-corrected chi connectivity index (χ1v) is 10.3. The lowest BCUT2D eigenvalue weighted by Gasteiger charge is -2.27. The quantitative estimate of drug-likeness (QED) is 0.480. The Hall–Kier alpha value is -2.80. The summed E-state index contributed by atoms with van der Waals surface area (Å²) in [6, 6.07) is 13.8. The predicted molar refractivity (Wildman–Crippen MR) is 113 cm³/mol. The molecule has 2 aromatic heterocycles. The largest absolute Gasteiger partial charge is 0.461 e. The van der Waals surface area contributed by atoms with Gasteiger partial charge >= 0.3 is 0 Å². The molecule has 1 aromatic carbocycles. The van der Waals surface area contributed by atoms with E-state index in [1.165, 1.54) is 11.8 Å². The molecule has 6 nitrogen and oxygen atoms in total. The molecule has 0 aliphatic heterocycles. The van der Waals surface area contributed by atoms with Crippen molar-refractivity contribution in [2.75, 3.05) is 24.7 Å². The second-order valence-corrected chi connectivity index (χ2v) is 7.29. The Morgan fingerprint density at radius 3 is 2.61 bits per heavy atom. The van der Waals surface area contributed by atoms with Crippen molar-refractivity contribution < 1.29 is 9.21 Å². The van der Waals surface area contributed by atoms with Gasteiger partial charge in [-0.1, -0.05) is 18.2 Å². The number of benzene rings is 1. The second kappa shape index (κ2) is 8.93. The van der Waals surface area contributed by atoms with Crippen LogP contribution in [0.5, 0.6) is 0 Å². The molecule has 28 heavy (non-hydrogen) atoms. The number of carbonyl (C=O) groups is 1. The number of aryl methyl sites for hydroxylation is 1. The summed E-state index contributed by atoms with van der Waals surface area (Å²) in [6.45, 7) is 4.41. The van der Waals surface area contributed by atoms with Crippen molar-refractivity contribution in [2.45, 2.75) is 24.9 Å². The average Bonchev–Trinajstić information content (AvgIpc) is 3.26. The smallest absolute Gasteiger partial charge is 0.255 e. The highest BCUT2D eigenvalue weighted by Crippen LogP contribution is 2.25. The molecule has 3 aromatic rings. The molecule has 0 radical (unpaired) electrons. The van der Waals surface area contributed by atoms with Crippen molar-refractivity contribution in [1.29, 1.82) is 0 Å². The molecule has 3 rings (SSSR count). The van der Waals surface area contributed by atoms with Gasteiger partial charge in [0.2, 0.25) is 0 Å². The van der Waals surface area contributed by atoms with Gasteiger partial charge in [-0.15, -0.1) is 11.8 Å². The van der Waals surface area contributed by atoms with E-state index >= 15 is 0 Å². The van der Waals surface area contributed by atoms with Gasteiger partial charge < -0.3 is 14.6 Å². The summed E-state index contributed by atoms with van der Waals surface area (Å²) in [5.41, 5.74) is 2.25. The number of likely N-dealkylation sites (N-methyl/N-ethyl adjacent to an activating group) is 1. The summed E-state index contributed by atoms with van der Waals surface area (Å²) in [5, 5.41) is 3.66. The van der Waals surface area contributed by atoms with Crippen LogP contribution in [0.3, 0.4) is 0 Å². The van der Waals surface area contributed by atoms with Crippen molar-refractivity contribution in [1.82, 2.24) is 15.3 Å². The van der Waals surface area contributed by atoms with E-state index < -0.39 is 0 Å². The standard InChI is InChI=1S/C21H24N4O2S/c1-14(25(3)16-9-6-5-7-10-16)13-22-20(26)18-15(2)23-19(24-21(18)28-4)17-11-8-12-27-17/h5-12,14H,13H2,1-4H3,(H,22,26). The minimum atomic E-state index is -0.166. The third-order valence-electron chi connectivity index (χ3n) is 4.60. The topological polar surface area (TPSA) is 71.3 Å². The fourth-order valence-electron chi connectivity index (χ4n) is 2.86. The van der Waals surface area contributed by atoms with Crippen LogP contribution in [0.25, 0.3) is 11.6 Å². The Labute approximate surface area is 169 Å². The number of para-hydroxylation sites is 1. The number of rotatable bonds is 7. The lowest BCUT2D eigenvalue weighted by Crippen LogP contribution is -2.40. The molecule has 0 aliphatic rings. The number of aromatic nitrogens is 2. The minimum absolute atomic E-state index is 0.132. The molecular formula is C21H24N4O2S. The summed E-state index contributed by atoms with van der Waals surface area (Å²) in [6.07, 6.45) is 3.48. The molecule has 0 saturated heterocycles. The van der Waals surface area contributed by atoms with E-state index in [0.29, 0.717) is 34.4 Å². The van der Waals surface area contributed by atoms with Gasteiger partial charge in [-0.25, -0.2) is 9.97 Å². The molecule has 1 atom stereocenters. The van der Waals surface area contributed by atoms with E-state index in [1.54, 1.807) is 18.4 Å². The van der Waals surface area contributed by atoms with Crippen LogP contribution in [0.1, 0.15) is 23.0 Å². The van der Waals surface area contributed by atoms with Crippen molar-refractivity contribution in [3.63, 3.8) is 0 Å². The average molecular weight is 397 g/mol. The van der Waals surface area contributed by atoms with Gasteiger partial charge in [0, 0.05) is 25.3 Å². The molecule has 0 saturated carbocycles. The Bertz CT molecular complexity index is 929. The first-order valence-electron chi connectivity index (χ1n) is 9.03. The molecule has 1 amide bonds. The van der Waals surface area contributed by atoms with Crippen LogP contribution in [0, 0.1) is 6.92 Å². The first-order chi connectivity index (χ1) is 13.5. The van der Waals surface area contributed by atoms with Gasteiger partial charge in [-0.2, -0.15) is 0 Å². The van der Waals surface area contributed by atoms with E-state index in [4.69, 9.17) is 4.42 Å². The summed E-state index contributed by atoms with van der Waals surface area (Å²) < 4.78 is 5.38. The van der Waals surface area contributed by atoms with Crippen molar-refractivity contribution >= 4 is 23.4 Å². The van der Waals surface area contributed by atoms with Crippen molar-refractivity contribution in [3.8, 4) is 11.6 Å². The predicted octanol–water partition coefficient (Wildman–Crippen LogP) is 4.02. The van der Waals surface area contributed by atoms with E-state index in [0.717, 1.165) is 5.69 Å². The first kappa shape index (κ1) is 19.9. The SMILES string of the molecule is CSc1nc(-c2ccco2)nc(C)c1C(=O)NCC(C)N(C)c1ccccc1. The highest BCUT2D eigenvalue weighted by Gasteiger charge is 2.20. The molecule has 1 N–H and O–H groups in total. The lowest BCUT2D eigenvalue weighted by molar-refractivity contribution is 0.0947. The van der Waals surface area contributed by atoms with Crippen LogP contribution in [0.15, 0.2) is 58.2 Å². The second-order valence-electron chi connectivity index (χ2n) is 6.50. The number of amides is 1. The molecule has 0 aliphatic carbocycles. The molecule has 0 fully saturated rings. The van der Waals surface area contributed by atoms with Gasteiger partial charge in [0.15, 0.2) is 11.6 Å². The minimum Gasteiger partial charge on any atom is -0.461 e. The van der Waals surface area contributed by atoms with Crippen LogP contribution in [-0.2, 0) is 0 Å². The summed E-state index contributed by atoms with van der Waals surface area (Å²) >= 11 is 1.42. The normalized spacial score (nSPS) is 11.9. The monoisotopic (exact) mass is 396 g/mol. The van der Waals surface area contributed by atoms with Crippen molar-refractivity contribution in [3.05, 3.63) is 60.0 Å². The van der Waals surface area contributed by atoms with Gasteiger partial charge in [0.05, 0.1) is 17.5 Å². The zero-order valence-electron chi connectivity index (χ0n) is 16.5. The fraction of sp³-hybridized carbons (Fsp3) is 0.286. The number of anilines is 1. The Morgan fingerprint density at radius 1 is 1.21 bits per heavy atom. The third kappa shape index (κ3) is 4.36. The van der Waals surface area contributed by atoms with Crippen LogP contribution in [0.4, 0.5) is 5.69 Å². The molecule has 146 valence electrons. The third-order valence-corrected chi connectivity index (χ3v) is 5.28. The van der Waals surface area contributed by atoms with Gasteiger partial charge in [-0.3, -0.25) is 4.79 Å². The van der Waals surface area contributed by atoms with Crippen LogP contribution < -0.4 is 10.2 Å². The maximum atomic E-state index is 12.9. The Balaban J connectivity index is 1.73. The van der Waals surface area contributed by atoms with Crippen LogP contribution in [-0.4, -0.2) is 41.8 Å². The lowest BCUT2D eigenvalue weighted by atomic mass is 10.2. The summed E-state index contributed by atoms with van der Waals surface area (Å²) in [7, 11) is 2.02. The van der Waals surface area contributed by atoms with E-state index in [9.17, 15) is 4.79 Å². The number of carbonyl (C=O) groups excluding carboxylic acids is 1. The zero-order valence-corrected chi connectivity index (χ0v) is 17.3. The number of nitrogens with one attached hydrogen (secondary N) is 1. The molecule has 1 unspecified atom stereocenters. The van der Waals surface area contributed by atoms with E-state index in [2.05, 4.69) is 39.2 Å². The summed E-state index contributed by atoms with van der Waals surface area (Å²) in [4.78, 5) is 24.0. The molecule has 2 heterocycles. The number of nitrogens with zero attached hydrogens (tertiary/aromatic N) is 3. The van der Waals surface area contributed by atoms with Gasteiger partial charge in [0.25, 0.3) is 5.91 Å². The maximum absolute atomic E-state index is 12.9. The van der Waals surface area contributed by atoms with Crippen LogP contribution >= 0.6 is 11.8 Å². The zero-order chi connectivity index (χ0) is 20.1. The van der Waals surface area contributed by atoms with E-state index in [-0.39, 0.29) is 11.9 Å². The number of hydrogen-bond acceptors (Lipinski definition) is 6. The maximum Gasteiger partial charge on any atom is 0.255 e. The molecule has 7 heteroatoms. The number of thioether (sulfide) groups is 1. The Kier molecular flexibility index (Phi) is 6.36. The molecular weight excluding hydrogens is 372 g/mol. The number of hydrogen-bond donors (Lipinski definition) is 1. The summed E-state index contributed by atoms with van der Waals surface area (Å²) in [5.74, 6) is 0.908. The highest BCUT2D eigenvalue weighted by atomic mass is 32.2. The molecule has 0 bridgehead atoms. The number of furan rings is 1. The fourth-order valence-corrected chi connectivity index (χ4v) is 3.48. The molecule has 0 spiro atoms. The van der Waals surface area contributed by atoms with Crippen molar-refractivity contribution in [2.24, 2.45) is 0 Å². The van der Waals surface area contributed by atoms with Gasteiger partial charge in [-0.05, 0) is 44.4 Å². The Morgan fingerprint density at radius 2 is 1.96 bits per heavy atom.